The summed E-state index contributed by atoms with van der Waals surface area (Å²) in [5.41, 5.74) is 4.04. The van der Waals surface area contributed by atoms with Crippen LogP contribution in [0.3, 0.4) is 0 Å². The van der Waals surface area contributed by atoms with E-state index in [1.807, 2.05) is 43.3 Å². The first-order valence-electron chi connectivity index (χ1n) is 9.60. The summed E-state index contributed by atoms with van der Waals surface area (Å²) >= 11 is 5.28. The lowest BCUT2D eigenvalue weighted by molar-refractivity contribution is 0.0950. The van der Waals surface area contributed by atoms with Crippen molar-refractivity contribution >= 4 is 50.7 Å². The Hall–Kier alpha value is -4.04. The molecule has 0 aliphatic carbocycles. The number of nitrogens with zero attached hydrogens (tertiary/aromatic N) is 3. The highest BCUT2D eigenvalue weighted by molar-refractivity contribution is 7.80. The quantitative estimate of drug-likeness (QED) is 0.409. The van der Waals surface area contributed by atoms with Crippen LogP contribution in [0.2, 0.25) is 0 Å². The number of thiocarbonyl (C=S) groups is 1. The van der Waals surface area contributed by atoms with Gasteiger partial charge in [0.1, 0.15) is 11.0 Å². The fraction of sp³-hybridized carbons (Fsp3) is 0.0435. The summed E-state index contributed by atoms with van der Waals surface area (Å²) in [7, 11) is 0. The third-order valence-corrected chi connectivity index (χ3v) is 5.13. The van der Waals surface area contributed by atoms with Crippen LogP contribution in [0.15, 0.2) is 77.4 Å². The molecule has 5 aromatic rings. The van der Waals surface area contributed by atoms with Gasteiger partial charge in [0, 0.05) is 11.1 Å². The molecule has 8 heteroatoms. The number of rotatable bonds is 3. The molecule has 0 spiro atoms. The van der Waals surface area contributed by atoms with E-state index in [0.717, 1.165) is 33.2 Å². The normalized spacial score (nSPS) is 11.0. The standard InChI is InChI=1S/C23H17N5O2S/c1-14-12-18-19(13-17(14)24-23(31)25-22(29)21-10-5-11-30-21)27-28(26-18)20-9-4-7-15-6-2-3-8-16(15)20/h2-13H,1H3,(H2,24,25,29,31). The summed E-state index contributed by atoms with van der Waals surface area (Å²) in [5.74, 6) is -0.225. The molecule has 2 heterocycles. The molecule has 0 fully saturated rings. The zero-order valence-corrected chi connectivity index (χ0v) is 17.3. The number of furan rings is 1. The Balaban J connectivity index is 1.44. The van der Waals surface area contributed by atoms with E-state index in [1.54, 1.807) is 16.9 Å². The molecule has 0 unspecified atom stereocenters. The minimum Gasteiger partial charge on any atom is -0.459 e. The molecule has 0 aliphatic heterocycles. The maximum Gasteiger partial charge on any atom is 0.293 e. The van der Waals surface area contributed by atoms with Crippen molar-refractivity contribution in [3.8, 4) is 5.69 Å². The van der Waals surface area contributed by atoms with E-state index < -0.39 is 5.91 Å². The molecular formula is C23H17N5O2S. The largest absolute Gasteiger partial charge is 0.459 e. The Morgan fingerprint density at radius 3 is 2.58 bits per heavy atom. The fourth-order valence-electron chi connectivity index (χ4n) is 3.42. The SMILES string of the molecule is Cc1cc2nn(-c3cccc4ccccc34)nc2cc1NC(=S)NC(=O)c1ccco1. The first-order chi connectivity index (χ1) is 15.1. The number of aryl methyl sites for hydroxylation is 1. The van der Waals surface area contributed by atoms with Crippen molar-refractivity contribution in [2.45, 2.75) is 6.92 Å². The van der Waals surface area contributed by atoms with Gasteiger partial charge in [-0.2, -0.15) is 0 Å². The molecule has 1 amide bonds. The van der Waals surface area contributed by atoms with Gasteiger partial charge in [-0.1, -0.05) is 36.4 Å². The van der Waals surface area contributed by atoms with Crippen molar-refractivity contribution in [3.05, 3.63) is 84.3 Å². The minimum absolute atomic E-state index is 0.172. The highest BCUT2D eigenvalue weighted by atomic mass is 32.1. The van der Waals surface area contributed by atoms with Crippen LogP contribution in [0.4, 0.5) is 5.69 Å². The number of benzene rings is 3. The molecule has 0 saturated carbocycles. The van der Waals surface area contributed by atoms with Gasteiger partial charge in [-0.05, 0) is 60.4 Å². The number of hydrogen-bond donors (Lipinski definition) is 2. The van der Waals surface area contributed by atoms with Gasteiger partial charge in [0.15, 0.2) is 10.9 Å². The minimum atomic E-state index is -0.414. The predicted octanol–water partition coefficient (Wildman–Crippen LogP) is 4.60. The summed E-state index contributed by atoms with van der Waals surface area (Å²) in [6.07, 6.45) is 1.43. The maximum atomic E-state index is 12.1. The van der Waals surface area contributed by atoms with E-state index in [4.69, 9.17) is 16.6 Å². The van der Waals surface area contributed by atoms with Gasteiger partial charge in [-0.3, -0.25) is 10.1 Å². The molecule has 3 aromatic carbocycles. The second-order valence-electron chi connectivity index (χ2n) is 7.03. The molecule has 0 radical (unpaired) electrons. The van der Waals surface area contributed by atoms with Crippen LogP contribution >= 0.6 is 12.2 Å². The molecule has 152 valence electrons. The average molecular weight is 427 g/mol. The van der Waals surface area contributed by atoms with E-state index >= 15 is 0 Å². The van der Waals surface area contributed by atoms with Crippen molar-refractivity contribution in [3.63, 3.8) is 0 Å². The van der Waals surface area contributed by atoms with Crippen molar-refractivity contribution < 1.29 is 9.21 Å². The van der Waals surface area contributed by atoms with E-state index in [0.29, 0.717) is 5.52 Å². The van der Waals surface area contributed by atoms with E-state index in [-0.39, 0.29) is 10.9 Å². The van der Waals surface area contributed by atoms with Crippen LogP contribution < -0.4 is 10.6 Å². The summed E-state index contributed by atoms with van der Waals surface area (Å²) in [6, 6.07) is 21.2. The molecule has 0 atom stereocenters. The van der Waals surface area contributed by atoms with Crippen molar-refractivity contribution in [2.24, 2.45) is 0 Å². The summed E-state index contributed by atoms with van der Waals surface area (Å²) in [6.45, 7) is 1.94. The first kappa shape index (κ1) is 19.0. The Bertz CT molecular complexity index is 1430. The van der Waals surface area contributed by atoms with Gasteiger partial charge in [0.05, 0.1) is 12.0 Å². The van der Waals surface area contributed by atoms with E-state index in [1.165, 1.54) is 6.26 Å². The second-order valence-corrected chi connectivity index (χ2v) is 7.44. The lowest BCUT2D eigenvalue weighted by Gasteiger charge is -2.10. The molecule has 2 N–H and O–H groups in total. The van der Waals surface area contributed by atoms with Crippen LogP contribution in [-0.4, -0.2) is 26.0 Å². The Kier molecular flexibility index (Phi) is 4.68. The number of carbonyl (C=O) groups is 1. The lowest BCUT2D eigenvalue weighted by Crippen LogP contribution is -2.34. The Morgan fingerprint density at radius 1 is 1.00 bits per heavy atom. The summed E-state index contributed by atoms with van der Waals surface area (Å²) in [5, 5.41) is 17.3. The summed E-state index contributed by atoms with van der Waals surface area (Å²) in [4.78, 5) is 13.8. The number of fused-ring (bicyclic) bond motifs is 2. The Labute approximate surface area is 182 Å². The number of carbonyl (C=O) groups excluding carboxylic acids is 1. The monoisotopic (exact) mass is 427 g/mol. The third-order valence-electron chi connectivity index (χ3n) is 4.93. The predicted molar refractivity (Wildman–Crippen MR) is 124 cm³/mol. The highest BCUT2D eigenvalue weighted by Crippen LogP contribution is 2.25. The van der Waals surface area contributed by atoms with Gasteiger partial charge in [-0.15, -0.1) is 15.0 Å². The second kappa shape index (κ2) is 7.66. The van der Waals surface area contributed by atoms with Crippen LogP contribution in [0, 0.1) is 6.92 Å². The number of amides is 1. The van der Waals surface area contributed by atoms with Crippen LogP contribution in [0.5, 0.6) is 0 Å². The van der Waals surface area contributed by atoms with Gasteiger partial charge < -0.3 is 9.73 Å². The number of nitrogens with one attached hydrogen (secondary N) is 2. The highest BCUT2D eigenvalue weighted by Gasteiger charge is 2.13. The Morgan fingerprint density at radius 2 is 1.77 bits per heavy atom. The van der Waals surface area contributed by atoms with Crippen LogP contribution in [0.25, 0.3) is 27.5 Å². The maximum absolute atomic E-state index is 12.1. The van der Waals surface area contributed by atoms with E-state index in [9.17, 15) is 4.79 Å². The van der Waals surface area contributed by atoms with Crippen molar-refractivity contribution in [2.75, 3.05) is 5.32 Å². The number of aromatic nitrogens is 3. The topological polar surface area (TPSA) is 85.0 Å². The molecule has 0 saturated heterocycles. The molecule has 31 heavy (non-hydrogen) atoms. The zero-order chi connectivity index (χ0) is 21.4. The van der Waals surface area contributed by atoms with Gasteiger partial charge in [0.25, 0.3) is 5.91 Å². The van der Waals surface area contributed by atoms with Crippen LogP contribution in [0.1, 0.15) is 16.1 Å². The van der Waals surface area contributed by atoms with E-state index in [2.05, 4.69) is 39.0 Å². The first-order valence-corrected chi connectivity index (χ1v) is 10.0. The third kappa shape index (κ3) is 3.64. The van der Waals surface area contributed by atoms with Gasteiger partial charge >= 0.3 is 0 Å². The molecular weight excluding hydrogens is 410 g/mol. The molecule has 0 aliphatic rings. The zero-order valence-electron chi connectivity index (χ0n) is 16.5. The molecule has 0 bridgehead atoms. The smallest absolute Gasteiger partial charge is 0.293 e. The average Bonchev–Trinajstić information content (AvgIpc) is 3.43. The van der Waals surface area contributed by atoms with Crippen molar-refractivity contribution in [1.82, 2.24) is 20.3 Å². The molecule has 2 aromatic heterocycles. The van der Waals surface area contributed by atoms with Gasteiger partial charge in [0.2, 0.25) is 0 Å². The number of anilines is 1. The molecule has 5 rings (SSSR count). The number of hydrogen-bond acceptors (Lipinski definition) is 5. The lowest BCUT2D eigenvalue weighted by atomic mass is 10.1. The van der Waals surface area contributed by atoms with Crippen molar-refractivity contribution in [1.29, 1.82) is 0 Å². The fourth-order valence-corrected chi connectivity index (χ4v) is 3.62. The molecule has 7 nitrogen and oxygen atoms in total. The summed E-state index contributed by atoms with van der Waals surface area (Å²) < 4.78 is 5.08. The van der Waals surface area contributed by atoms with Gasteiger partial charge in [-0.25, -0.2) is 0 Å². The van der Waals surface area contributed by atoms with Crippen LogP contribution in [-0.2, 0) is 0 Å².